The van der Waals surface area contributed by atoms with Gasteiger partial charge in [-0.25, -0.2) is 0 Å². The fraction of sp³-hybridized carbons (Fsp3) is 0.259. The maximum Gasteiger partial charge on any atom is 0.232 e. The predicted molar refractivity (Wildman–Crippen MR) is 129 cm³/mol. The number of Topliss-reactive ketones (excluding diaryl/α,β-unsaturated/α-hetero) is 1. The number of ether oxygens (including phenoxy) is 5. The molecule has 5 rings (SSSR count). The second kappa shape index (κ2) is 9.31. The molecule has 1 aromatic heterocycles. The molecule has 0 aliphatic carbocycles. The summed E-state index contributed by atoms with van der Waals surface area (Å²) in [5.41, 5.74) is 4.01. The Kier molecular flexibility index (Phi) is 6.05. The van der Waals surface area contributed by atoms with Crippen molar-refractivity contribution in [2.75, 3.05) is 28.1 Å². The third-order valence-electron chi connectivity index (χ3n) is 6.17. The average Bonchev–Trinajstić information content (AvgIpc) is 3.21. The SMILES string of the molecule is COc1cc(OC)c(OC)cc1/C=C1\Oc2c3c(cc(C)c2C1=O)OCN(Cc1ccncc1)C3. The topological polar surface area (TPSA) is 79.3 Å². The molecule has 0 N–H and O–H groups in total. The molecular weight excluding hydrogens is 448 g/mol. The zero-order valence-corrected chi connectivity index (χ0v) is 20.1. The van der Waals surface area contributed by atoms with Crippen LogP contribution in [0.2, 0.25) is 0 Å². The Morgan fingerprint density at radius 1 is 1.03 bits per heavy atom. The van der Waals surface area contributed by atoms with E-state index in [0.717, 1.165) is 22.4 Å². The Labute approximate surface area is 203 Å². The third kappa shape index (κ3) is 4.17. The highest BCUT2D eigenvalue weighted by molar-refractivity contribution is 6.16. The van der Waals surface area contributed by atoms with Gasteiger partial charge < -0.3 is 23.7 Å². The number of benzene rings is 2. The molecule has 0 saturated carbocycles. The van der Waals surface area contributed by atoms with E-state index < -0.39 is 0 Å². The third-order valence-corrected chi connectivity index (χ3v) is 6.17. The Hall–Kier alpha value is -4.04. The van der Waals surface area contributed by atoms with Gasteiger partial charge in [0.1, 0.15) is 24.0 Å². The van der Waals surface area contributed by atoms with Gasteiger partial charge in [0.2, 0.25) is 5.78 Å². The number of aromatic nitrogens is 1. The van der Waals surface area contributed by atoms with Gasteiger partial charge in [-0.2, -0.15) is 0 Å². The van der Waals surface area contributed by atoms with Crippen LogP contribution in [0.1, 0.15) is 32.6 Å². The number of hydrogen-bond donors (Lipinski definition) is 0. The molecule has 2 aliphatic rings. The van der Waals surface area contributed by atoms with Crippen LogP contribution in [0.5, 0.6) is 28.7 Å². The summed E-state index contributed by atoms with van der Waals surface area (Å²) in [6.07, 6.45) is 5.22. The molecule has 3 heterocycles. The summed E-state index contributed by atoms with van der Waals surface area (Å²) < 4.78 is 28.5. The van der Waals surface area contributed by atoms with Crippen LogP contribution in [0.25, 0.3) is 6.08 Å². The first kappa shape index (κ1) is 22.7. The minimum Gasteiger partial charge on any atom is -0.496 e. The number of methoxy groups -OCH3 is 3. The highest BCUT2D eigenvalue weighted by atomic mass is 16.5. The van der Waals surface area contributed by atoms with Gasteiger partial charge in [0.05, 0.1) is 32.5 Å². The fourth-order valence-corrected chi connectivity index (χ4v) is 4.43. The van der Waals surface area contributed by atoms with Crippen molar-refractivity contribution in [1.82, 2.24) is 9.88 Å². The van der Waals surface area contributed by atoms with Crippen molar-refractivity contribution < 1.29 is 28.5 Å². The number of carbonyl (C=O) groups excluding carboxylic acids is 1. The average molecular weight is 475 g/mol. The lowest BCUT2D eigenvalue weighted by Crippen LogP contribution is -2.31. The highest BCUT2D eigenvalue weighted by Gasteiger charge is 2.35. The monoisotopic (exact) mass is 474 g/mol. The van der Waals surface area contributed by atoms with Gasteiger partial charge in [-0.15, -0.1) is 0 Å². The van der Waals surface area contributed by atoms with Gasteiger partial charge in [-0.3, -0.25) is 14.7 Å². The summed E-state index contributed by atoms with van der Waals surface area (Å²) in [6, 6.07) is 9.35. The number of carbonyl (C=O) groups is 1. The summed E-state index contributed by atoms with van der Waals surface area (Å²) in [5.74, 6) is 2.92. The first-order chi connectivity index (χ1) is 17.0. The number of hydrogen-bond acceptors (Lipinski definition) is 8. The van der Waals surface area contributed by atoms with Crippen molar-refractivity contribution in [2.24, 2.45) is 0 Å². The number of rotatable bonds is 6. The molecule has 3 aromatic rings. The van der Waals surface area contributed by atoms with Crippen LogP contribution >= 0.6 is 0 Å². The van der Waals surface area contributed by atoms with Crippen LogP contribution in [0.15, 0.2) is 48.5 Å². The molecule has 180 valence electrons. The summed E-state index contributed by atoms with van der Waals surface area (Å²) >= 11 is 0. The molecule has 0 fully saturated rings. The molecule has 0 atom stereocenters. The lowest BCUT2D eigenvalue weighted by Gasteiger charge is -2.30. The van der Waals surface area contributed by atoms with E-state index in [9.17, 15) is 4.79 Å². The number of allylic oxidation sites excluding steroid dienone is 1. The van der Waals surface area contributed by atoms with Crippen molar-refractivity contribution in [1.29, 1.82) is 0 Å². The number of nitrogens with zero attached hydrogens (tertiary/aromatic N) is 2. The first-order valence-electron chi connectivity index (χ1n) is 11.2. The van der Waals surface area contributed by atoms with E-state index in [1.165, 1.54) is 0 Å². The van der Waals surface area contributed by atoms with Crippen LogP contribution in [-0.2, 0) is 13.1 Å². The molecule has 0 amide bonds. The molecule has 2 aliphatic heterocycles. The Morgan fingerprint density at radius 2 is 1.74 bits per heavy atom. The summed E-state index contributed by atoms with van der Waals surface area (Å²) in [6.45, 7) is 3.64. The van der Waals surface area contributed by atoms with E-state index in [4.69, 9.17) is 23.7 Å². The van der Waals surface area contributed by atoms with E-state index in [-0.39, 0.29) is 11.5 Å². The summed E-state index contributed by atoms with van der Waals surface area (Å²) in [7, 11) is 4.67. The molecule has 0 saturated heterocycles. The van der Waals surface area contributed by atoms with Gasteiger partial charge in [0, 0.05) is 37.1 Å². The van der Waals surface area contributed by atoms with E-state index in [0.29, 0.717) is 53.9 Å². The van der Waals surface area contributed by atoms with Crippen molar-refractivity contribution in [3.05, 3.63) is 76.3 Å². The van der Waals surface area contributed by atoms with E-state index >= 15 is 0 Å². The number of aryl methyl sites for hydroxylation is 1. The number of pyridine rings is 1. The minimum absolute atomic E-state index is 0.177. The smallest absolute Gasteiger partial charge is 0.232 e. The predicted octanol–water partition coefficient (Wildman–Crippen LogP) is 4.38. The summed E-state index contributed by atoms with van der Waals surface area (Å²) in [4.78, 5) is 19.6. The molecule has 0 radical (unpaired) electrons. The van der Waals surface area contributed by atoms with Crippen LogP contribution in [-0.4, -0.2) is 43.7 Å². The first-order valence-corrected chi connectivity index (χ1v) is 11.2. The van der Waals surface area contributed by atoms with Gasteiger partial charge in [0.15, 0.2) is 17.3 Å². The van der Waals surface area contributed by atoms with Gasteiger partial charge in [-0.05, 0) is 48.4 Å². The fourth-order valence-electron chi connectivity index (χ4n) is 4.43. The van der Waals surface area contributed by atoms with Crippen molar-refractivity contribution >= 4 is 11.9 Å². The molecule has 2 aromatic carbocycles. The molecule has 0 spiro atoms. The quantitative estimate of drug-likeness (QED) is 0.487. The van der Waals surface area contributed by atoms with Crippen LogP contribution in [0.4, 0.5) is 0 Å². The highest BCUT2D eigenvalue weighted by Crippen LogP contribution is 2.45. The van der Waals surface area contributed by atoms with Gasteiger partial charge in [-0.1, -0.05) is 0 Å². The Balaban J connectivity index is 1.50. The minimum atomic E-state index is -0.177. The Morgan fingerprint density at radius 3 is 2.46 bits per heavy atom. The molecule has 0 bridgehead atoms. The molecule has 0 unspecified atom stereocenters. The van der Waals surface area contributed by atoms with Gasteiger partial charge in [0.25, 0.3) is 0 Å². The molecule has 35 heavy (non-hydrogen) atoms. The standard InChI is InChI=1S/C27H26N2O6/c1-16-9-21-19(14-29(15-34-21)13-17-5-7-28-8-6-17)27-25(16)26(30)24(35-27)11-18-10-22(32-3)23(33-4)12-20(18)31-2/h5-12H,13-15H2,1-4H3/b24-11-. The van der Waals surface area contributed by atoms with E-state index in [1.54, 1.807) is 51.9 Å². The van der Waals surface area contributed by atoms with E-state index in [2.05, 4.69) is 9.88 Å². The second-order valence-corrected chi connectivity index (χ2v) is 8.38. The maximum absolute atomic E-state index is 13.4. The molecular formula is C27H26N2O6. The zero-order valence-electron chi connectivity index (χ0n) is 20.1. The normalized spacial score (nSPS) is 15.8. The van der Waals surface area contributed by atoms with Crippen molar-refractivity contribution in [3.63, 3.8) is 0 Å². The summed E-state index contributed by atoms with van der Waals surface area (Å²) in [5, 5.41) is 0. The lowest BCUT2D eigenvalue weighted by molar-refractivity contribution is 0.0872. The lowest BCUT2D eigenvalue weighted by atomic mass is 9.98. The van der Waals surface area contributed by atoms with Crippen molar-refractivity contribution in [2.45, 2.75) is 20.0 Å². The molecule has 8 nitrogen and oxygen atoms in total. The number of ketones is 1. The Bertz CT molecular complexity index is 1320. The van der Waals surface area contributed by atoms with Crippen molar-refractivity contribution in [3.8, 4) is 28.7 Å². The number of fused-ring (bicyclic) bond motifs is 3. The van der Waals surface area contributed by atoms with Crippen LogP contribution in [0, 0.1) is 6.92 Å². The largest absolute Gasteiger partial charge is 0.496 e. The second-order valence-electron chi connectivity index (χ2n) is 8.38. The van der Waals surface area contributed by atoms with E-state index in [1.807, 2.05) is 25.1 Å². The zero-order chi connectivity index (χ0) is 24.5. The maximum atomic E-state index is 13.4. The van der Waals surface area contributed by atoms with Gasteiger partial charge >= 0.3 is 0 Å². The van der Waals surface area contributed by atoms with Crippen LogP contribution < -0.4 is 23.7 Å². The molecule has 8 heteroatoms. The van der Waals surface area contributed by atoms with Crippen LogP contribution in [0.3, 0.4) is 0 Å².